The summed E-state index contributed by atoms with van der Waals surface area (Å²) < 4.78 is 32.1. The number of aromatic nitrogens is 2. The van der Waals surface area contributed by atoms with Gasteiger partial charge in [0, 0.05) is 50.5 Å². The number of benzene rings is 1. The van der Waals surface area contributed by atoms with Crippen LogP contribution in [0.15, 0.2) is 24.5 Å². The van der Waals surface area contributed by atoms with Crippen molar-refractivity contribution < 1.29 is 23.1 Å². The maximum absolute atomic E-state index is 13.5. The number of rotatable bonds is 3. The lowest BCUT2D eigenvalue weighted by atomic mass is 9.78. The molecule has 2 aliphatic heterocycles. The van der Waals surface area contributed by atoms with Crippen molar-refractivity contribution >= 4 is 11.8 Å². The number of piperidine rings is 1. The molecule has 0 aliphatic carbocycles. The van der Waals surface area contributed by atoms with Gasteiger partial charge in [-0.3, -0.25) is 9.59 Å². The molecule has 1 saturated heterocycles. The zero-order chi connectivity index (χ0) is 20.6. The molecule has 2 amide bonds. The Morgan fingerprint density at radius 1 is 1.17 bits per heavy atom. The molecule has 2 aromatic rings. The lowest BCUT2D eigenvalue weighted by molar-refractivity contribution is -0.145. The summed E-state index contributed by atoms with van der Waals surface area (Å²) in [6, 6.07) is 2.82. The molecular weight excluding hydrogens is 382 g/mol. The summed E-state index contributed by atoms with van der Waals surface area (Å²) in [6.07, 6.45) is 3.29. The lowest BCUT2D eigenvalue weighted by Gasteiger charge is -2.50. The number of nitrogens with zero attached hydrogens (tertiary/aromatic N) is 3. The van der Waals surface area contributed by atoms with Gasteiger partial charge in [0.15, 0.2) is 0 Å². The summed E-state index contributed by atoms with van der Waals surface area (Å²) in [4.78, 5) is 36.5. The lowest BCUT2D eigenvalue weighted by Crippen LogP contribution is -2.59. The number of hydrogen-bond donors (Lipinski definition) is 1. The van der Waals surface area contributed by atoms with E-state index in [0.29, 0.717) is 38.9 Å². The van der Waals surface area contributed by atoms with Crippen LogP contribution in [-0.4, -0.2) is 64.9 Å². The van der Waals surface area contributed by atoms with E-state index in [-0.39, 0.29) is 18.1 Å². The first-order valence-corrected chi connectivity index (χ1v) is 9.52. The normalized spacial score (nSPS) is 18.0. The molecule has 2 aliphatic rings. The van der Waals surface area contributed by atoms with Crippen molar-refractivity contribution in [2.75, 3.05) is 33.4 Å². The maximum atomic E-state index is 13.5. The van der Waals surface area contributed by atoms with Gasteiger partial charge in [0.25, 0.3) is 5.91 Å². The van der Waals surface area contributed by atoms with E-state index in [4.69, 9.17) is 4.74 Å². The number of amides is 2. The Balaban J connectivity index is 1.58. The predicted molar refractivity (Wildman–Crippen MR) is 99.1 cm³/mol. The van der Waals surface area contributed by atoms with Crippen LogP contribution in [-0.2, 0) is 21.5 Å². The molecule has 0 bridgehead atoms. The van der Waals surface area contributed by atoms with Crippen molar-refractivity contribution in [3.63, 3.8) is 0 Å². The minimum absolute atomic E-state index is 0.0186. The van der Waals surface area contributed by atoms with Crippen molar-refractivity contribution in [3.05, 3.63) is 53.1 Å². The Hall–Kier alpha value is -2.81. The van der Waals surface area contributed by atoms with Gasteiger partial charge in [-0.25, -0.2) is 13.8 Å². The molecule has 9 heteroatoms. The summed E-state index contributed by atoms with van der Waals surface area (Å²) in [7, 11) is 1.48. The van der Waals surface area contributed by atoms with E-state index >= 15 is 0 Å². The Labute approximate surface area is 166 Å². The van der Waals surface area contributed by atoms with Gasteiger partial charge >= 0.3 is 0 Å². The predicted octanol–water partition coefficient (Wildman–Crippen LogP) is 1.85. The highest BCUT2D eigenvalue weighted by Crippen LogP contribution is 2.42. The standard InChI is InChI=1S/C20H22F2N4O3/c1-29-11-17(27)26-5-2-16-18(24-12-23-16)20(26)3-6-25(7-4-20)19(28)13-8-14(21)10-15(22)9-13/h8-10,12H,2-7,11H2,1H3,(H,23,24). The van der Waals surface area contributed by atoms with E-state index in [2.05, 4.69) is 9.97 Å². The largest absolute Gasteiger partial charge is 0.375 e. The maximum Gasteiger partial charge on any atom is 0.254 e. The van der Waals surface area contributed by atoms with E-state index in [1.807, 2.05) is 4.90 Å². The molecule has 4 rings (SSSR count). The molecule has 1 aromatic heterocycles. The van der Waals surface area contributed by atoms with Crippen LogP contribution in [0.2, 0.25) is 0 Å². The van der Waals surface area contributed by atoms with Crippen LogP contribution in [0.3, 0.4) is 0 Å². The first kappa shape index (κ1) is 19.5. The molecule has 0 saturated carbocycles. The van der Waals surface area contributed by atoms with Crippen LogP contribution in [0.5, 0.6) is 0 Å². The molecule has 1 fully saturated rings. The quantitative estimate of drug-likeness (QED) is 0.847. The minimum Gasteiger partial charge on any atom is -0.375 e. The van der Waals surface area contributed by atoms with Gasteiger partial charge in [0.05, 0.1) is 17.6 Å². The molecule has 29 heavy (non-hydrogen) atoms. The number of carbonyl (C=O) groups is 2. The Bertz CT molecular complexity index is 917. The van der Waals surface area contributed by atoms with Crippen molar-refractivity contribution in [2.45, 2.75) is 24.8 Å². The molecule has 1 spiro atoms. The van der Waals surface area contributed by atoms with Crippen LogP contribution in [0.25, 0.3) is 0 Å². The Morgan fingerprint density at radius 3 is 2.52 bits per heavy atom. The summed E-state index contributed by atoms with van der Waals surface area (Å²) in [5, 5.41) is 0. The number of imidazole rings is 1. The second-order valence-corrected chi connectivity index (χ2v) is 7.44. The van der Waals surface area contributed by atoms with Gasteiger partial charge in [-0.2, -0.15) is 0 Å². The van der Waals surface area contributed by atoms with E-state index in [1.165, 1.54) is 7.11 Å². The Kier molecular flexibility index (Phi) is 5.08. The third-order valence-corrected chi connectivity index (χ3v) is 5.82. The number of aromatic amines is 1. The number of carbonyl (C=O) groups excluding carboxylic acids is 2. The van der Waals surface area contributed by atoms with Gasteiger partial charge in [-0.05, 0) is 25.0 Å². The zero-order valence-electron chi connectivity index (χ0n) is 16.1. The summed E-state index contributed by atoms with van der Waals surface area (Å²) >= 11 is 0. The average Bonchev–Trinajstić information content (AvgIpc) is 3.18. The fourth-order valence-electron chi connectivity index (χ4n) is 4.49. The van der Waals surface area contributed by atoms with Gasteiger partial charge in [0.2, 0.25) is 5.91 Å². The van der Waals surface area contributed by atoms with Gasteiger partial charge in [-0.1, -0.05) is 0 Å². The molecule has 3 heterocycles. The smallest absolute Gasteiger partial charge is 0.254 e. The summed E-state index contributed by atoms with van der Waals surface area (Å²) in [6.45, 7) is 1.22. The number of nitrogens with one attached hydrogen (secondary N) is 1. The zero-order valence-corrected chi connectivity index (χ0v) is 16.1. The van der Waals surface area contributed by atoms with Crippen molar-refractivity contribution in [1.82, 2.24) is 19.8 Å². The molecule has 0 radical (unpaired) electrons. The van der Waals surface area contributed by atoms with Crippen LogP contribution >= 0.6 is 0 Å². The molecule has 7 nitrogen and oxygen atoms in total. The van der Waals surface area contributed by atoms with Crippen LogP contribution in [0, 0.1) is 11.6 Å². The van der Waals surface area contributed by atoms with Crippen molar-refractivity contribution in [1.29, 1.82) is 0 Å². The fraction of sp³-hybridized carbons (Fsp3) is 0.450. The molecule has 154 valence electrons. The highest BCUT2D eigenvalue weighted by Gasteiger charge is 2.49. The van der Waals surface area contributed by atoms with Gasteiger partial charge in [-0.15, -0.1) is 0 Å². The molecule has 0 unspecified atom stereocenters. The van der Waals surface area contributed by atoms with E-state index in [9.17, 15) is 18.4 Å². The third-order valence-electron chi connectivity index (χ3n) is 5.82. The second-order valence-electron chi connectivity index (χ2n) is 7.44. The second kappa shape index (κ2) is 7.55. The van der Waals surface area contributed by atoms with Gasteiger partial charge < -0.3 is 19.5 Å². The molecule has 1 N–H and O–H groups in total. The number of hydrogen-bond acceptors (Lipinski definition) is 4. The number of ether oxygens (including phenoxy) is 1. The Morgan fingerprint density at radius 2 is 1.86 bits per heavy atom. The highest BCUT2D eigenvalue weighted by molar-refractivity contribution is 5.94. The van der Waals surface area contributed by atoms with E-state index < -0.39 is 23.1 Å². The van der Waals surface area contributed by atoms with E-state index in [0.717, 1.165) is 29.6 Å². The number of fused-ring (bicyclic) bond motifs is 2. The number of H-pyrrole nitrogens is 1. The highest BCUT2D eigenvalue weighted by atomic mass is 19.1. The summed E-state index contributed by atoms with van der Waals surface area (Å²) in [5.41, 5.74) is 1.19. The van der Waals surface area contributed by atoms with Crippen LogP contribution in [0.4, 0.5) is 8.78 Å². The molecule has 1 aromatic carbocycles. The molecular formula is C20H22F2N4O3. The average molecular weight is 404 g/mol. The summed E-state index contributed by atoms with van der Waals surface area (Å²) in [5.74, 6) is -2.11. The first-order valence-electron chi connectivity index (χ1n) is 9.52. The monoisotopic (exact) mass is 404 g/mol. The van der Waals surface area contributed by atoms with Crippen LogP contribution < -0.4 is 0 Å². The van der Waals surface area contributed by atoms with Crippen molar-refractivity contribution in [3.8, 4) is 0 Å². The molecule has 0 atom stereocenters. The number of halogens is 2. The SMILES string of the molecule is COCC(=O)N1CCc2[nH]cnc2C12CCN(C(=O)c1cc(F)cc(F)c1)CC2. The first-order chi connectivity index (χ1) is 13.9. The van der Waals surface area contributed by atoms with E-state index in [1.54, 1.807) is 11.2 Å². The fourth-order valence-corrected chi connectivity index (χ4v) is 4.49. The number of likely N-dealkylation sites (tertiary alicyclic amines) is 1. The number of methoxy groups -OCH3 is 1. The third kappa shape index (κ3) is 3.39. The van der Waals surface area contributed by atoms with Crippen LogP contribution in [0.1, 0.15) is 34.6 Å². The minimum atomic E-state index is -0.786. The van der Waals surface area contributed by atoms with Gasteiger partial charge in [0.1, 0.15) is 18.2 Å². The van der Waals surface area contributed by atoms with Crippen molar-refractivity contribution in [2.24, 2.45) is 0 Å². The topological polar surface area (TPSA) is 78.5 Å².